The minimum atomic E-state index is -3.51. The molecule has 1 aliphatic heterocycles. The number of nitrogens with zero attached hydrogens (tertiary/aromatic N) is 3. The maximum Gasteiger partial charge on any atom is 0.243 e. The number of pyridine rings is 1. The maximum atomic E-state index is 12.9. The van der Waals surface area contributed by atoms with Crippen LogP contribution in [0.2, 0.25) is 5.02 Å². The predicted molar refractivity (Wildman–Crippen MR) is 116 cm³/mol. The average molecular weight is 444 g/mol. The Kier molecular flexibility index (Phi) is 6.34. The van der Waals surface area contributed by atoms with E-state index < -0.39 is 10.0 Å². The summed E-state index contributed by atoms with van der Waals surface area (Å²) in [7, 11) is -3.51. The Hall–Kier alpha value is -2.45. The monoisotopic (exact) mass is 443 g/mol. The van der Waals surface area contributed by atoms with E-state index >= 15 is 0 Å². The van der Waals surface area contributed by atoms with Gasteiger partial charge in [-0.3, -0.25) is 9.88 Å². The number of hydrogen-bond donors (Lipinski definition) is 0. The predicted octanol–water partition coefficient (Wildman–Crippen LogP) is 4.03. The number of aromatic nitrogens is 1. The summed E-state index contributed by atoms with van der Waals surface area (Å²) in [6, 6.07) is 17.9. The molecule has 1 saturated heterocycles. The van der Waals surface area contributed by atoms with Crippen LogP contribution in [0, 0.1) is 0 Å². The van der Waals surface area contributed by atoms with E-state index in [1.165, 1.54) is 4.31 Å². The van der Waals surface area contributed by atoms with Crippen molar-refractivity contribution in [1.82, 2.24) is 14.2 Å². The maximum absolute atomic E-state index is 12.9. The third-order valence-corrected chi connectivity index (χ3v) is 7.18. The Morgan fingerprint density at radius 2 is 1.67 bits per heavy atom. The summed E-state index contributed by atoms with van der Waals surface area (Å²) in [5.41, 5.74) is 1.05. The van der Waals surface area contributed by atoms with E-state index in [-0.39, 0.29) is 4.90 Å². The first-order valence-electron chi connectivity index (χ1n) is 9.66. The highest BCUT2D eigenvalue weighted by Gasteiger charge is 2.28. The number of hydrogen-bond acceptors (Lipinski definition) is 5. The molecule has 1 aliphatic rings. The average Bonchev–Trinajstić information content (AvgIpc) is 2.77. The molecule has 2 heterocycles. The highest BCUT2D eigenvalue weighted by atomic mass is 35.5. The Bertz CT molecular complexity index is 1080. The lowest BCUT2D eigenvalue weighted by molar-refractivity contribution is 0.180. The molecule has 3 aromatic rings. The largest absolute Gasteiger partial charge is 0.455 e. The lowest BCUT2D eigenvalue weighted by Crippen LogP contribution is -2.48. The van der Waals surface area contributed by atoms with Gasteiger partial charge < -0.3 is 4.74 Å². The third kappa shape index (κ3) is 4.82. The lowest BCUT2D eigenvalue weighted by atomic mass is 10.1. The van der Waals surface area contributed by atoms with Gasteiger partial charge in [0.25, 0.3) is 0 Å². The molecule has 0 bridgehead atoms. The van der Waals surface area contributed by atoms with E-state index in [0.717, 1.165) is 11.3 Å². The van der Waals surface area contributed by atoms with Crippen LogP contribution in [0.3, 0.4) is 0 Å². The molecule has 0 aliphatic carbocycles. The van der Waals surface area contributed by atoms with Crippen LogP contribution < -0.4 is 4.74 Å². The molecule has 0 radical (unpaired) electrons. The SMILES string of the molecule is O=S(=O)(c1ccc(Cl)cc1)N1CCN(Cc2ccccc2Oc2cccnc2)CC1. The molecule has 0 unspecified atom stereocenters. The molecule has 8 heteroatoms. The van der Waals surface area contributed by atoms with Gasteiger partial charge in [0.1, 0.15) is 11.5 Å². The van der Waals surface area contributed by atoms with Gasteiger partial charge in [-0.1, -0.05) is 29.8 Å². The quantitative estimate of drug-likeness (QED) is 0.575. The van der Waals surface area contributed by atoms with Crippen molar-refractivity contribution in [2.75, 3.05) is 26.2 Å². The number of para-hydroxylation sites is 1. The van der Waals surface area contributed by atoms with Crippen LogP contribution in [-0.4, -0.2) is 48.8 Å². The first kappa shape index (κ1) is 20.8. The summed E-state index contributed by atoms with van der Waals surface area (Å²) >= 11 is 5.88. The topological polar surface area (TPSA) is 62.7 Å². The van der Waals surface area contributed by atoms with Crippen LogP contribution in [0.1, 0.15) is 5.56 Å². The Morgan fingerprint density at radius 3 is 2.37 bits per heavy atom. The minimum absolute atomic E-state index is 0.274. The van der Waals surface area contributed by atoms with Crippen molar-refractivity contribution >= 4 is 21.6 Å². The molecular weight excluding hydrogens is 422 g/mol. The molecule has 2 aromatic carbocycles. The second-order valence-electron chi connectivity index (χ2n) is 7.03. The molecule has 0 spiro atoms. The fraction of sp³-hybridized carbons (Fsp3) is 0.227. The molecule has 30 heavy (non-hydrogen) atoms. The molecule has 1 aromatic heterocycles. The third-order valence-electron chi connectivity index (χ3n) is 5.01. The standard InChI is InChI=1S/C22H22ClN3O3S/c23-19-7-9-21(10-8-19)30(27,28)26-14-12-25(13-15-26)17-18-4-1-2-6-22(18)29-20-5-3-11-24-16-20/h1-11,16H,12-15,17H2. The van der Waals surface area contributed by atoms with E-state index in [2.05, 4.69) is 9.88 Å². The van der Waals surface area contributed by atoms with Crippen LogP contribution in [0.15, 0.2) is 78.0 Å². The molecule has 0 atom stereocenters. The Morgan fingerprint density at radius 1 is 0.933 bits per heavy atom. The summed E-state index contributed by atoms with van der Waals surface area (Å²) in [5.74, 6) is 1.46. The zero-order valence-electron chi connectivity index (χ0n) is 16.3. The highest BCUT2D eigenvalue weighted by Crippen LogP contribution is 2.26. The Labute approximate surface area is 181 Å². The van der Waals surface area contributed by atoms with Gasteiger partial charge in [0.05, 0.1) is 11.1 Å². The summed E-state index contributed by atoms with van der Waals surface area (Å²) in [4.78, 5) is 6.59. The molecule has 156 valence electrons. The van der Waals surface area contributed by atoms with Crippen molar-refractivity contribution in [2.24, 2.45) is 0 Å². The van der Waals surface area contributed by atoms with Crippen LogP contribution in [0.4, 0.5) is 0 Å². The van der Waals surface area contributed by atoms with Gasteiger partial charge in [-0.15, -0.1) is 0 Å². The summed E-state index contributed by atoms with van der Waals surface area (Å²) < 4.78 is 33.2. The van der Waals surface area contributed by atoms with Gasteiger partial charge in [-0.25, -0.2) is 8.42 Å². The highest BCUT2D eigenvalue weighted by molar-refractivity contribution is 7.89. The van der Waals surface area contributed by atoms with E-state index in [0.29, 0.717) is 43.5 Å². The fourth-order valence-electron chi connectivity index (χ4n) is 3.39. The number of ether oxygens (including phenoxy) is 1. The second kappa shape index (κ2) is 9.14. The van der Waals surface area contributed by atoms with Crippen molar-refractivity contribution in [2.45, 2.75) is 11.4 Å². The normalized spacial score (nSPS) is 15.8. The van der Waals surface area contributed by atoms with Crippen molar-refractivity contribution < 1.29 is 13.2 Å². The second-order valence-corrected chi connectivity index (χ2v) is 9.41. The van der Waals surface area contributed by atoms with Crippen molar-refractivity contribution in [1.29, 1.82) is 0 Å². The molecule has 0 amide bonds. The van der Waals surface area contributed by atoms with E-state index in [1.54, 1.807) is 36.7 Å². The van der Waals surface area contributed by atoms with Gasteiger partial charge in [-0.05, 0) is 42.5 Å². The summed E-state index contributed by atoms with van der Waals surface area (Å²) in [6.45, 7) is 2.86. The lowest BCUT2D eigenvalue weighted by Gasteiger charge is -2.34. The van der Waals surface area contributed by atoms with Gasteiger partial charge in [0.2, 0.25) is 10.0 Å². The first-order chi connectivity index (χ1) is 14.5. The fourth-order valence-corrected chi connectivity index (χ4v) is 4.94. The van der Waals surface area contributed by atoms with Crippen molar-refractivity contribution in [3.8, 4) is 11.5 Å². The summed E-state index contributed by atoms with van der Waals surface area (Å²) in [5, 5.41) is 0.519. The molecular formula is C22H22ClN3O3S. The van der Waals surface area contributed by atoms with Gasteiger partial charge in [0.15, 0.2) is 0 Å². The van der Waals surface area contributed by atoms with E-state index in [1.807, 2.05) is 36.4 Å². The number of rotatable bonds is 6. The zero-order chi connectivity index (χ0) is 21.0. The molecule has 0 saturated carbocycles. The molecule has 6 nitrogen and oxygen atoms in total. The number of sulfonamides is 1. The zero-order valence-corrected chi connectivity index (χ0v) is 17.9. The van der Waals surface area contributed by atoms with E-state index in [4.69, 9.17) is 16.3 Å². The molecule has 4 rings (SSSR count). The first-order valence-corrected chi connectivity index (χ1v) is 11.5. The van der Waals surface area contributed by atoms with Gasteiger partial charge >= 0.3 is 0 Å². The number of piperazine rings is 1. The van der Waals surface area contributed by atoms with Crippen LogP contribution in [-0.2, 0) is 16.6 Å². The number of halogens is 1. The van der Waals surface area contributed by atoms with Gasteiger partial charge in [0, 0.05) is 49.5 Å². The van der Waals surface area contributed by atoms with Crippen LogP contribution in [0.5, 0.6) is 11.5 Å². The van der Waals surface area contributed by atoms with Crippen molar-refractivity contribution in [3.05, 3.63) is 83.6 Å². The Balaban J connectivity index is 1.40. The number of benzene rings is 2. The molecule has 1 fully saturated rings. The minimum Gasteiger partial charge on any atom is -0.455 e. The van der Waals surface area contributed by atoms with Crippen LogP contribution in [0.25, 0.3) is 0 Å². The molecule has 0 N–H and O–H groups in total. The van der Waals surface area contributed by atoms with Crippen LogP contribution >= 0.6 is 11.6 Å². The van der Waals surface area contributed by atoms with Crippen molar-refractivity contribution in [3.63, 3.8) is 0 Å². The van der Waals surface area contributed by atoms with Gasteiger partial charge in [-0.2, -0.15) is 4.31 Å². The summed E-state index contributed by atoms with van der Waals surface area (Å²) in [6.07, 6.45) is 3.38. The van der Waals surface area contributed by atoms with E-state index in [9.17, 15) is 8.42 Å². The smallest absolute Gasteiger partial charge is 0.243 e.